The Bertz CT molecular complexity index is 1210. The molecule has 0 saturated carbocycles. The van der Waals surface area contributed by atoms with Crippen molar-refractivity contribution in [3.8, 4) is 11.3 Å². The molecule has 4 aromatic heterocycles. The summed E-state index contributed by atoms with van der Waals surface area (Å²) >= 11 is 1.57. The van der Waals surface area contributed by atoms with Gasteiger partial charge in [-0.05, 0) is 29.8 Å². The van der Waals surface area contributed by atoms with Gasteiger partial charge in [0.05, 0.1) is 22.1 Å². The lowest BCUT2D eigenvalue weighted by Gasteiger charge is -2.10. The number of fused-ring (bicyclic) bond motifs is 2. The van der Waals surface area contributed by atoms with Crippen LogP contribution in [0.5, 0.6) is 0 Å². The minimum absolute atomic E-state index is 0.0772. The number of aromatic nitrogens is 4. The van der Waals surface area contributed by atoms with Gasteiger partial charge in [-0.2, -0.15) is 0 Å². The van der Waals surface area contributed by atoms with Crippen molar-refractivity contribution in [3.63, 3.8) is 0 Å². The van der Waals surface area contributed by atoms with E-state index in [1.807, 2.05) is 29.2 Å². The fraction of sp³-hybridized carbons (Fsp3) is 0.100. The van der Waals surface area contributed by atoms with Gasteiger partial charge in [0.1, 0.15) is 5.69 Å². The monoisotopic (exact) mass is 358 g/mol. The van der Waals surface area contributed by atoms with Gasteiger partial charge in [0, 0.05) is 34.6 Å². The van der Waals surface area contributed by atoms with E-state index in [0.717, 1.165) is 33.2 Å². The van der Waals surface area contributed by atoms with E-state index >= 15 is 0 Å². The van der Waals surface area contributed by atoms with Gasteiger partial charge in [-0.25, -0.2) is 9.97 Å². The average molecular weight is 358 g/mol. The number of rotatable bonds is 3. The molecule has 1 aromatic carbocycles. The minimum atomic E-state index is 0.0772. The molecular formula is C20H14N4OS. The third-order valence-corrected chi connectivity index (χ3v) is 5.21. The highest BCUT2D eigenvalue weighted by molar-refractivity contribution is 7.07. The van der Waals surface area contributed by atoms with Crippen LogP contribution in [0.1, 0.15) is 24.1 Å². The molecule has 1 atom stereocenters. The zero-order chi connectivity index (χ0) is 17.5. The molecule has 0 aliphatic heterocycles. The van der Waals surface area contributed by atoms with Gasteiger partial charge in [0.15, 0.2) is 0 Å². The maximum absolute atomic E-state index is 5.46. The van der Waals surface area contributed by atoms with Crippen molar-refractivity contribution in [2.24, 2.45) is 0 Å². The summed E-state index contributed by atoms with van der Waals surface area (Å²) in [5, 5.41) is 8.35. The number of nitrogens with zero attached hydrogens (tertiary/aromatic N) is 4. The highest BCUT2D eigenvalue weighted by Gasteiger charge is 2.19. The first-order valence-electron chi connectivity index (χ1n) is 8.28. The van der Waals surface area contributed by atoms with E-state index in [4.69, 9.17) is 4.52 Å². The maximum atomic E-state index is 5.46. The Morgan fingerprint density at radius 3 is 2.92 bits per heavy atom. The molecule has 0 saturated heterocycles. The summed E-state index contributed by atoms with van der Waals surface area (Å²) < 4.78 is 5.46. The molecule has 5 aromatic rings. The molecule has 0 aliphatic rings. The highest BCUT2D eigenvalue weighted by Crippen LogP contribution is 2.32. The maximum Gasteiger partial charge on any atom is 0.257 e. The van der Waals surface area contributed by atoms with Crippen LogP contribution in [0.15, 0.2) is 64.2 Å². The van der Waals surface area contributed by atoms with E-state index < -0.39 is 0 Å². The van der Waals surface area contributed by atoms with Crippen LogP contribution in [-0.4, -0.2) is 20.1 Å². The minimum Gasteiger partial charge on any atom is -0.336 e. The second-order valence-electron chi connectivity index (χ2n) is 6.20. The van der Waals surface area contributed by atoms with Crippen LogP contribution in [0.4, 0.5) is 0 Å². The average Bonchev–Trinajstić information content (AvgIpc) is 3.36. The van der Waals surface area contributed by atoms with E-state index in [1.165, 1.54) is 5.56 Å². The fourth-order valence-electron chi connectivity index (χ4n) is 3.18. The van der Waals surface area contributed by atoms with Crippen LogP contribution in [0.25, 0.3) is 33.3 Å². The number of hydrogen-bond donors (Lipinski definition) is 0. The van der Waals surface area contributed by atoms with Gasteiger partial charge >= 0.3 is 0 Å². The molecule has 126 valence electrons. The lowest BCUT2D eigenvalue weighted by Crippen LogP contribution is -1.97. The highest BCUT2D eigenvalue weighted by atomic mass is 32.1. The van der Waals surface area contributed by atoms with E-state index in [2.05, 4.69) is 51.3 Å². The van der Waals surface area contributed by atoms with Gasteiger partial charge in [0.25, 0.3) is 5.71 Å². The van der Waals surface area contributed by atoms with Gasteiger partial charge in [0.2, 0.25) is 0 Å². The van der Waals surface area contributed by atoms with Crippen LogP contribution >= 0.6 is 11.3 Å². The van der Waals surface area contributed by atoms with Gasteiger partial charge in [-0.3, -0.25) is 4.98 Å². The van der Waals surface area contributed by atoms with Crippen molar-refractivity contribution in [1.82, 2.24) is 20.1 Å². The third kappa shape index (κ3) is 2.46. The molecular weight excluding hydrogens is 344 g/mol. The molecule has 0 spiro atoms. The predicted octanol–water partition coefficient (Wildman–Crippen LogP) is 5.05. The van der Waals surface area contributed by atoms with Crippen LogP contribution in [0, 0.1) is 0 Å². The lowest BCUT2D eigenvalue weighted by molar-refractivity contribution is 0.436. The van der Waals surface area contributed by atoms with Crippen LogP contribution in [-0.2, 0) is 0 Å². The first-order valence-corrected chi connectivity index (χ1v) is 9.22. The molecule has 0 amide bonds. The molecule has 4 heterocycles. The lowest BCUT2D eigenvalue weighted by atomic mass is 9.94. The first kappa shape index (κ1) is 15.2. The Kier molecular flexibility index (Phi) is 3.50. The molecule has 0 radical (unpaired) electrons. The molecule has 0 N–H and O–H groups in total. The normalized spacial score (nSPS) is 12.7. The summed E-state index contributed by atoms with van der Waals surface area (Å²) in [4.78, 5) is 13.2. The summed E-state index contributed by atoms with van der Waals surface area (Å²) in [6, 6.07) is 12.4. The van der Waals surface area contributed by atoms with Gasteiger partial charge in [-0.1, -0.05) is 24.2 Å². The van der Waals surface area contributed by atoms with Crippen molar-refractivity contribution >= 4 is 33.3 Å². The van der Waals surface area contributed by atoms with Gasteiger partial charge < -0.3 is 4.52 Å². The zero-order valence-electron chi connectivity index (χ0n) is 14.0. The molecule has 0 aliphatic carbocycles. The Morgan fingerprint density at radius 1 is 1.08 bits per heavy atom. The van der Waals surface area contributed by atoms with Crippen molar-refractivity contribution < 1.29 is 4.52 Å². The predicted molar refractivity (Wildman–Crippen MR) is 102 cm³/mol. The largest absolute Gasteiger partial charge is 0.336 e. The van der Waals surface area contributed by atoms with Crippen molar-refractivity contribution in [3.05, 3.63) is 70.9 Å². The van der Waals surface area contributed by atoms with Crippen molar-refractivity contribution in [2.45, 2.75) is 12.8 Å². The molecule has 5 nitrogen and oxygen atoms in total. The van der Waals surface area contributed by atoms with E-state index in [1.54, 1.807) is 17.5 Å². The Labute approximate surface area is 153 Å². The van der Waals surface area contributed by atoms with E-state index in [-0.39, 0.29) is 5.92 Å². The van der Waals surface area contributed by atoms with Crippen LogP contribution in [0.2, 0.25) is 0 Å². The summed E-state index contributed by atoms with van der Waals surface area (Å²) in [6.45, 7) is 2.13. The number of pyridine rings is 2. The molecule has 26 heavy (non-hydrogen) atoms. The van der Waals surface area contributed by atoms with Crippen molar-refractivity contribution in [1.29, 1.82) is 0 Å². The van der Waals surface area contributed by atoms with Crippen molar-refractivity contribution in [2.75, 3.05) is 0 Å². The topological polar surface area (TPSA) is 64.7 Å². The zero-order valence-corrected chi connectivity index (χ0v) is 14.8. The van der Waals surface area contributed by atoms with Crippen LogP contribution < -0.4 is 0 Å². The van der Waals surface area contributed by atoms with E-state index in [0.29, 0.717) is 5.71 Å². The quantitative estimate of drug-likeness (QED) is 0.452. The first-order chi connectivity index (χ1) is 12.8. The Balaban J connectivity index is 1.61. The van der Waals surface area contributed by atoms with E-state index in [9.17, 15) is 0 Å². The molecule has 6 heteroatoms. The molecule has 0 fully saturated rings. The number of thiazole rings is 1. The fourth-order valence-corrected chi connectivity index (χ4v) is 3.74. The Morgan fingerprint density at radius 2 is 2.04 bits per heavy atom. The molecule has 0 bridgehead atoms. The standard InChI is InChI=1S/C20H14N4OS/c1-12(13-4-5-17-14(7-13)3-2-6-21-17)19-16-8-15(18-10-26-11-23-18)9-22-20(16)25-24-19/h2-12H,1H3. The number of hydrogen-bond acceptors (Lipinski definition) is 6. The third-order valence-electron chi connectivity index (χ3n) is 4.62. The SMILES string of the molecule is CC(c1ccc2ncccc2c1)c1noc2ncc(-c3cscn3)cc12. The summed E-state index contributed by atoms with van der Waals surface area (Å²) in [5.41, 5.74) is 7.29. The Hall–Kier alpha value is -3.12. The summed E-state index contributed by atoms with van der Waals surface area (Å²) in [7, 11) is 0. The number of benzene rings is 1. The second kappa shape index (κ2) is 6.00. The smallest absolute Gasteiger partial charge is 0.257 e. The summed E-state index contributed by atoms with van der Waals surface area (Å²) in [5.74, 6) is 0.0772. The summed E-state index contributed by atoms with van der Waals surface area (Å²) in [6.07, 6.45) is 3.58. The van der Waals surface area contributed by atoms with Crippen LogP contribution in [0.3, 0.4) is 0 Å². The molecule has 5 rings (SSSR count). The van der Waals surface area contributed by atoms with Gasteiger partial charge in [-0.15, -0.1) is 11.3 Å². The second-order valence-corrected chi connectivity index (χ2v) is 6.91. The molecule has 1 unspecified atom stereocenters.